The molecule has 1 unspecified atom stereocenters. The Morgan fingerprint density at radius 3 is 2.50 bits per heavy atom. The summed E-state index contributed by atoms with van der Waals surface area (Å²) in [4.78, 5) is 27.2. The average Bonchev–Trinajstić information content (AvgIpc) is 2.84. The fourth-order valence-electron chi connectivity index (χ4n) is 2.15. The van der Waals surface area contributed by atoms with E-state index in [2.05, 4.69) is 10.2 Å². The molecule has 1 heterocycles. The molecule has 0 aromatic rings. The molecule has 1 rings (SSSR count). The van der Waals surface area contributed by atoms with Crippen LogP contribution in [0, 0.1) is 0 Å². The highest BCUT2D eigenvalue weighted by molar-refractivity contribution is 5.86. The van der Waals surface area contributed by atoms with Crippen LogP contribution in [-0.4, -0.2) is 79.4 Å². The van der Waals surface area contributed by atoms with E-state index in [1.165, 1.54) is 0 Å². The summed E-state index contributed by atoms with van der Waals surface area (Å²) in [6.45, 7) is 4.32. The molecule has 7 nitrogen and oxygen atoms in total. The first kappa shape index (κ1) is 16.7. The highest BCUT2D eigenvalue weighted by atomic mass is 16.5. The van der Waals surface area contributed by atoms with E-state index in [0.717, 1.165) is 13.0 Å². The van der Waals surface area contributed by atoms with Crippen molar-refractivity contribution in [3.8, 4) is 0 Å². The maximum atomic E-state index is 12.2. The van der Waals surface area contributed by atoms with Gasteiger partial charge in [0.15, 0.2) is 5.54 Å². The van der Waals surface area contributed by atoms with Gasteiger partial charge in [0.1, 0.15) is 0 Å². The van der Waals surface area contributed by atoms with E-state index in [1.54, 1.807) is 4.90 Å². The van der Waals surface area contributed by atoms with Crippen molar-refractivity contribution in [1.29, 1.82) is 0 Å². The van der Waals surface area contributed by atoms with Crippen LogP contribution in [0.5, 0.6) is 0 Å². The lowest BCUT2D eigenvalue weighted by molar-refractivity contribution is -0.144. The molecule has 0 spiro atoms. The molecule has 2 N–H and O–H groups in total. The highest BCUT2D eigenvalue weighted by Crippen LogP contribution is 2.19. The maximum absolute atomic E-state index is 12.2. The van der Waals surface area contributed by atoms with Gasteiger partial charge in [-0.2, -0.15) is 0 Å². The summed E-state index contributed by atoms with van der Waals surface area (Å²) in [7, 11) is 3.96. The van der Waals surface area contributed by atoms with E-state index in [9.17, 15) is 14.7 Å². The predicted octanol–water partition coefficient (Wildman–Crippen LogP) is 0.213. The Morgan fingerprint density at radius 2 is 2.05 bits per heavy atom. The molecule has 1 fully saturated rings. The zero-order valence-corrected chi connectivity index (χ0v) is 12.5. The van der Waals surface area contributed by atoms with Crippen LogP contribution in [0.1, 0.15) is 19.8 Å². The van der Waals surface area contributed by atoms with E-state index < -0.39 is 11.5 Å². The van der Waals surface area contributed by atoms with Gasteiger partial charge >= 0.3 is 12.0 Å². The average molecular weight is 287 g/mol. The van der Waals surface area contributed by atoms with Gasteiger partial charge in [0.2, 0.25) is 0 Å². The first-order valence-corrected chi connectivity index (χ1v) is 6.94. The molecule has 7 heteroatoms. The van der Waals surface area contributed by atoms with E-state index in [1.807, 2.05) is 21.0 Å². The summed E-state index contributed by atoms with van der Waals surface area (Å²) >= 11 is 0. The Balaban J connectivity index is 2.55. The Bertz CT molecular complexity index is 341. The zero-order chi connectivity index (χ0) is 15.2. The Hall–Kier alpha value is -1.34. The van der Waals surface area contributed by atoms with Crippen LogP contribution in [0.25, 0.3) is 0 Å². The number of carboxylic acid groups (broad SMARTS) is 1. The van der Waals surface area contributed by atoms with E-state index >= 15 is 0 Å². The number of ether oxygens (including phenoxy) is 1. The van der Waals surface area contributed by atoms with E-state index in [0.29, 0.717) is 26.1 Å². The van der Waals surface area contributed by atoms with Crippen LogP contribution in [0.15, 0.2) is 0 Å². The predicted molar refractivity (Wildman–Crippen MR) is 74.8 cm³/mol. The second kappa shape index (κ2) is 7.44. The second-order valence-electron chi connectivity index (χ2n) is 5.36. The number of nitrogens with zero attached hydrogens (tertiary/aromatic N) is 2. The standard InChI is InChI=1S/C13H25N3O4/c1-4-16(8-5-7-15(2)3)12(19)14-13(11(17)18)6-9-20-10-13/h4-10H2,1-3H3,(H,14,19)(H,17,18). The lowest BCUT2D eigenvalue weighted by atomic mass is 9.99. The number of rotatable bonds is 7. The molecule has 2 amide bonds. The van der Waals surface area contributed by atoms with Gasteiger partial charge in [-0.3, -0.25) is 0 Å². The van der Waals surface area contributed by atoms with Crippen LogP contribution in [0.4, 0.5) is 4.79 Å². The maximum Gasteiger partial charge on any atom is 0.332 e. The van der Waals surface area contributed by atoms with Crippen LogP contribution < -0.4 is 5.32 Å². The van der Waals surface area contributed by atoms with Crippen molar-refractivity contribution in [2.24, 2.45) is 0 Å². The third-order valence-electron chi connectivity index (χ3n) is 3.48. The number of hydrogen-bond donors (Lipinski definition) is 2. The fraction of sp³-hybridized carbons (Fsp3) is 0.846. The molecule has 116 valence electrons. The molecular weight excluding hydrogens is 262 g/mol. The van der Waals surface area contributed by atoms with Crippen LogP contribution in [-0.2, 0) is 9.53 Å². The lowest BCUT2D eigenvalue weighted by Gasteiger charge is -2.29. The number of hydrogen-bond acceptors (Lipinski definition) is 4. The van der Waals surface area contributed by atoms with E-state index in [-0.39, 0.29) is 12.6 Å². The van der Waals surface area contributed by atoms with Crippen molar-refractivity contribution in [3.05, 3.63) is 0 Å². The SMILES string of the molecule is CCN(CCCN(C)C)C(=O)NC1(C(=O)O)CCOC1. The van der Waals surface area contributed by atoms with Gasteiger partial charge in [0.05, 0.1) is 6.61 Å². The quantitative estimate of drug-likeness (QED) is 0.699. The third kappa shape index (κ3) is 4.35. The third-order valence-corrected chi connectivity index (χ3v) is 3.48. The van der Waals surface area contributed by atoms with Crippen LogP contribution in [0.3, 0.4) is 0 Å². The first-order valence-electron chi connectivity index (χ1n) is 6.94. The minimum atomic E-state index is -1.27. The fourth-order valence-corrected chi connectivity index (χ4v) is 2.15. The molecular formula is C13H25N3O4. The molecule has 0 aliphatic carbocycles. The second-order valence-corrected chi connectivity index (χ2v) is 5.36. The van der Waals surface area contributed by atoms with Crippen molar-refractivity contribution in [3.63, 3.8) is 0 Å². The number of urea groups is 1. The molecule has 0 radical (unpaired) electrons. The van der Waals surface area contributed by atoms with Gasteiger partial charge in [-0.25, -0.2) is 9.59 Å². The van der Waals surface area contributed by atoms with Crippen molar-refractivity contribution in [1.82, 2.24) is 15.1 Å². The minimum absolute atomic E-state index is 0.0311. The van der Waals surface area contributed by atoms with Crippen molar-refractivity contribution in [2.45, 2.75) is 25.3 Å². The summed E-state index contributed by atoms with van der Waals surface area (Å²) in [6, 6.07) is -0.334. The number of aliphatic carboxylic acids is 1. The Morgan fingerprint density at radius 1 is 1.35 bits per heavy atom. The summed E-state index contributed by atoms with van der Waals surface area (Å²) in [5.74, 6) is -1.03. The van der Waals surface area contributed by atoms with Crippen molar-refractivity contribution >= 4 is 12.0 Å². The van der Waals surface area contributed by atoms with Gasteiger partial charge < -0.3 is 25.0 Å². The summed E-state index contributed by atoms with van der Waals surface area (Å²) in [5.41, 5.74) is -1.27. The monoisotopic (exact) mass is 287 g/mol. The largest absolute Gasteiger partial charge is 0.479 e. The van der Waals surface area contributed by atoms with Gasteiger partial charge in [-0.05, 0) is 34.0 Å². The Kier molecular flexibility index (Phi) is 6.22. The molecule has 1 atom stereocenters. The summed E-state index contributed by atoms with van der Waals surface area (Å²) < 4.78 is 5.13. The van der Waals surface area contributed by atoms with Gasteiger partial charge in [0.25, 0.3) is 0 Å². The molecule has 1 saturated heterocycles. The van der Waals surface area contributed by atoms with E-state index in [4.69, 9.17) is 4.74 Å². The lowest BCUT2D eigenvalue weighted by Crippen LogP contribution is -2.58. The molecule has 1 aliphatic rings. The highest BCUT2D eigenvalue weighted by Gasteiger charge is 2.44. The topological polar surface area (TPSA) is 82.1 Å². The molecule has 0 aromatic carbocycles. The van der Waals surface area contributed by atoms with Crippen LogP contribution >= 0.6 is 0 Å². The molecule has 0 bridgehead atoms. The van der Waals surface area contributed by atoms with Gasteiger partial charge in [-0.1, -0.05) is 0 Å². The number of amides is 2. The molecule has 0 aromatic heterocycles. The molecule has 1 aliphatic heterocycles. The van der Waals surface area contributed by atoms with Crippen molar-refractivity contribution < 1.29 is 19.4 Å². The van der Waals surface area contributed by atoms with Crippen molar-refractivity contribution in [2.75, 3.05) is 46.9 Å². The number of carbonyl (C=O) groups excluding carboxylic acids is 1. The minimum Gasteiger partial charge on any atom is -0.479 e. The molecule has 0 saturated carbocycles. The number of carboxylic acids is 1. The van der Waals surface area contributed by atoms with Crippen LogP contribution in [0.2, 0.25) is 0 Å². The summed E-state index contributed by atoms with van der Waals surface area (Å²) in [6.07, 6.45) is 1.16. The van der Waals surface area contributed by atoms with Gasteiger partial charge in [-0.15, -0.1) is 0 Å². The first-order chi connectivity index (χ1) is 9.41. The Labute approximate surface area is 119 Å². The molecule has 20 heavy (non-hydrogen) atoms. The normalized spacial score (nSPS) is 22.0. The zero-order valence-electron chi connectivity index (χ0n) is 12.5. The number of nitrogens with one attached hydrogen (secondary N) is 1. The summed E-state index contributed by atoms with van der Waals surface area (Å²) in [5, 5.41) is 11.9. The number of carbonyl (C=O) groups is 2. The van der Waals surface area contributed by atoms with Gasteiger partial charge in [0, 0.05) is 26.1 Å². The smallest absolute Gasteiger partial charge is 0.332 e.